The van der Waals surface area contributed by atoms with Crippen molar-refractivity contribution in [3.05, 3.63) is 54.4 Å². The van der Waals surface area contributed by atoms with Gasteiger partial charge in [0.2, 0.25) is 17.7 Å². The number of carbonyl (C=O) groups excluding carboxylic acids is 3. The molecule has 0 fully saturated rings. The summed E-state index contributed by atoms with van der Waals surface area (Å²) in [6.45, 7) is 4.81. The number of hydrogen-bond donors (Lipinski definition) is 3. The lowest BCUT2D eigenvalue weighted by Gasteiger charge is -2.23. The van der Waals surface area contributed by atoms with Crippen LogP contribution in [0.3, 0.4) is 0 Å². The summed E-state index contributed by atoms with van der Waals surface area (Å²) in [6, 6.07) is 10.4. The van der Waals surface area contributed by atoms with E-state index < -0.39 is 17.2 Å². The van der Waals surface area contributed by atoms with E-state index >= 15 is 0 Å². The molecule has 0 aliphatic carbocycles. The monoisotopic (exact) mass is 354 g/mol. The minimum Gasteiger partial charge on any atom is -0.351 e. The van der Waals surface area contributed by atoms with Crippen molar-refractivity contribution in [2.24, 2.45) is 5.41 Å². The van der Waals surface area contributed by atoms with Crippen LogP contribution in [0.5, 0.6) is 0 Å². The molecule has 1 aromatic heterocycles. The third kappa shape index (κ3) is 5.14. The maximum absolute atomic E-state index is 12.5. The van der Waals surface area contributed by atoms with Crippen molar-refractivity contribution in [2.75, 3.05) is 10.6 Å². The Kier molecular flexibility index (Phi) is 6.06. The zero-order chi connectivity index (χ0) is 19.2. The van der Waals surface area contributed by atoms with E-state index in [-0.39, 0.29) is 5.91 Å². The first-order chi connectivity index (χ1) is 12.3. The van der Waals surface area contributed by atoms with Crippen molar-refractivity contribution in [1.82, 2.24) is 10.3 Å². The number of rotatable bonds is 6. The van der Waals surface area contributed by atoms with E-state index in [2.05, 4.69) is 20.9 Å². The second-order valence-electron chi connectivity index (χ2n) is 6.39. The van der Waals surface area contributed by atoms with Gasteiger partial charge in [0.05, 0.1) is 0 Å². The standard InChI is InChI=1S/C19H22N4O3/c1-13(24)22-15-7-4-8-16(10-15)23-18(26)19(2,3)17(25)21-12-14-6-5-9-20-11-14/h4-11H,12H2,1-3H3,(H,21,25)(H,22,24)(H,23,26). The lowest BCUT2D eigenvalue weighted by molar-refractivity contribution is -0.138. The first-order valence-electron chi connectivity index (χ1n) is 8.15. The van der Waals surface area contributed by atoms with Crippen LogP contribution < -0.4 is 16.0 Å². The molecule has 0 saturated carbocycles. The van der Waals surface area contributed by atoms with E-state index in [0.29, 0.717) is 17.9 Å². The number of aromatic nitrogens is 1. The maximum Gasteiger partial charge on any atom is 0.239 e. The molecule has 2 rings (SSSR count). The van der Waals surface area contributed by atoms with E-state index in [1.165, 1.54) is 6.92 Å². The van der Waals surface area contributed by atoms with Crippen LogP contribution in [0.2, 0.25) is 0 Å². The van der Waals surface area contributed by atoms with Crippen LogP contribution in [0.1, 0.15) is 26.3 Å². The van der Waals surface area contributed by atoms with Gasteiger partial charge in [0.1, 0.15) is 5.41 Å². The first kappa shape index (κ1) is 19.1. The molecule has 7 heteroatoms. The molecule has 2 aromatic rings. The lowest BCUT2D eigenvalue weighted by Crippen LogP contribution is -2.44. The highest BCUT2D eigenvalue weighted by Crippen LogP contribution is 2.21. The highest BCUT2D eigenvalue weighted by Gasteiger charge is 2.36. The molecule has 3 amide bonds. The summed E-state index contributed by atoms with van der Waals surface area (Å²) in [6.07, 6.45) is 3.30. The smallest absolute Gasteiger partial charge is 0.239 e. The molecule has 3 N–H and O–H groups in total. The molecule has 0 aliphatic heterocycles. The summed E-state index contributed by atoms with van der Waals surface area (Å²) in [5, 5.41) is 8.10. The summed E-state index contributed by atoms with van der Waals surface area (Å²) in [4.78, 5) is 40.1. The highest BCUT2D eigenvalue weighted by atomic mass is 16.2. The third-order valence-electron chi connectivity index (χ3n) is 3.75. The van der Waals surface area contributed by atoms with Crippen molar-refractivity contribution < 1.29 is 14.4 Å². The van der Waals surface area contributed by atoms with Crippen molar-refractivity contribution in [2.45, 2.75) is 27.3 Å². The van der Waals surface area contributed by atoms with Gasteiger partial charge < -0.3 is 16.0 Å². The molecule has 26 heavy (non-hydrogen) atoms. The predicted molar refractivity (Wildman–Crippen MR) is 99.2 cm³/mol. The highest BCUT2D eigenvalue weighted by molar-refractivity contribution is 6.10. The SMILES string of the molecule is CC(=O)Nc1cccc(NC(=O)C(C)(C)C(=O)NCc2cccnc2)c1. The van der Waals surface area contributed by atoms with Crippen molar-refractivity contribution >= 4 is 29.1 Å². The number of amides is 3. The minimum absolute atomic E-state index is 0.205. The lowest BCUT2D eigenvalue weighted by atomic mass is 9.91. The van der Waals surface area contributed by atoms with Gasteiger partial charge in [-0.25, -0.2) is 0 Å². The molecule has 0 radical (unpaired) electrons. The number of carbonyl (C=O) groups is 3. The Labute approximate surface area is 152 Å². The summed E-state index contributed by atoms with van der Waals surface area (Å²) >= 11 is 0. The van der Waals surface area contributed by atoms with Gasteiger partial charge in [-0.1, -0.05) is 12.1 Å². The fourth-order valence-corrected chi connectivity index (χ4v) is 2.17. The number of nitrogens with one attached hydrogen (secondary N) is 3. The molecule has 1 aromatic carbocycles. The second kappa shape index (κ2) is 8.24. The van der Waals surface area contributed by atoms with Crippen LogP contribution in [0.15, 0.2) is 48.8 Å². The molecule has 1 heterocycles. The van der Waals surface area contributed by atoms with E-state index in [1.54, 1.807) is 56.6 Å². The molecule has 136 valence electrons. The van der Waals surface area contributed by atoms with Gasteiger partial charge in [-0.3, -0.25) is 19.4 Å². The van der Waals surface area contributed by atoms with E-state index in [4.69, 9.17) is 0 Å². The maximum atomic E-state index is 12.5. The van der Waals surface area contributed by atoms with Gasteiger partial charge in [0, 0.05) is 37.2 Å². The number of pyridine rings is 1. The van der Waals surface area contributed by atoms with Gasteiger partial charge in [-0.15, -0.1) is 0 Å². The van der Waals surface area contributed by atoms with Crippen LogP contribution in [0, 0.1) is 5.41 Å². The summed E-state index contributed by atoms with van der Waals surface area (Å²) in [5.74, 6) is -1.04. The summed E-state index contributed by atoms with van der Waals surface area (Å²) in [5.41, 5.74) is 0.634. The average molecular weight is 354 g/mol. The Morgan fingerprint density at radius 3 is 2.31 bits per heavy atom. The molecule has 0 spiro atoms. The fraction of sp³-hybridized carbons (Fsp3) is 0.263. The summed E-state index contributed by atoms with van der Waals surface area (Å²) in [7, 11) is 0. The average Bonchev–Trinajstić information content (AvgIpc) is 2.60. The Morgan fingerprint density at radius 1 is 1.00 bits per heavy atom. The van der Waals surface area contributed by atoms with Gasteiger partial charge >= 0.3 is 0 Å². The van der Waals surface area contributed by atoms with Crippen LogP contribution in [0.25, 0.3) is 0 Å². The molecule has 0 unspecified atom stereocenters. The predicted octanol–water partition coefficient (Wildman–Crippen LogP) is 2.32. The second-order valence-corrected chi connectivity index (χ2v) is 6.39. The number of nitrogens with zero attached hydrogens (tertiary/aromatic N) is 1. The topological polar surface area (TPSA) is 100 Å². The Bertz CT molecular complexity index is 803. The summed E-state index contributed by atoms with van der Waals surface area (Å²) < 4.78 is 0. The van der Waals surface area contributed by atoms with Crippen molar-refractivity contribution in [3.63, 3.8) is 0 Å². The molecule has 0 saturated heterocycles. The number of hydrogen-bond acceptors (Lipinski definition) is 4. The normalized spacial score (nSPS) is 10.7. The Morgan fingerprint density at radius 2 is 1.69 bits per heavy atom. The number of anilines is 2. The molecule has 0 bridgehead atoms. The van der Waals surface area contributed by atoms with Gasteiger partial charge in [-0.05, 0) is 43.7 Å². The van der Waals surface area contributed by atoms with Gasteiger partial charge in [-0.2, -0.15) is 0 Å². The van der Waals surface area contributed by atoms with Gasteiger partial charge in [0.25, 0.3) is 0 Å². The van der Waals surface area contributed by atoms with Gasteiger partial charge in [0.15, 0.2) is 0 Å². The van der Waals surface area contributed by atoms with E-state index in [1.807, 2.05) is 6.07 Å². The fourth-order valence-electron chi connectivity index (χ4n) is 2.17. The van der Waals surface area contributed by atoms with Crippen molar-refractivity contribution in [1.29, 1.82) is 0 Å². The largest absolute Gasteiger partial charge is 0.351 e. The minimum atomic E-state index is -1.27. The van der Waals surface area contributed by atoms with Crippen LogP contribution >= 0.6 is 0 Å². The molecule has 7 nitrogen and oxygen atoms in total. The molecule has 0 aliphatic rings. The van der Waals surface area contributed by atoms with Crippen LogP contribution in [-0.2, 0) is 20.9 Å². The Hall–Kier alpha value is -3.22. The molecular formula is C19H22N4O3. The van der Waals surface area contributed by atoms with Crippen LogP contribution in [0.4, 0.5) is 11.4 Å². The zero-order valence-corrected chi connectivity index (χ0v) is 15.0. The zero-order valence-electron chi connectivity index (χ0n) is 15.0. The molecule has 0 atom stereocenters. The first-order valence-corrected chi connectivity index (χ1v) is 8.15. The molecular weight excluding hydrogens is 332 g/mol. The quantitative estimate of drug-likeness (QED) is 0.693. The van der Waals surface area contributed by atoms with E-state index in [9.17, 15) is 14.4 Å². The Balaban J connectivity index is 2.00. The van der Waals surface area contributed by atoms with Crippen LogP contribution in [-0.4, -0.2) is 22.7 Å². The third-order valence-corrected chi connectivity index (χ3v) is 3.75. The van der Waals surface area contributed by atoms with E-state index in [0.717, 1.165) is 5.56 Å². The van der Waals surface area contributed by atoms with Crippen molar-refractivity contribution in [3.8, 4) is 0 Å². The number of benzene rings is 1.